The zero-order chi connectivity index (χ0) is 11.3. The maximum Gasteiger partial charge on any atom is 0.0960 e. The van der Waals surface area contributed by atoms with E-state index in [2.05, 4.69) is 6.07 Å². The van der Waals surface area contributed by atoms with Gasteiger partial charge in [-0.1, -0.05) is 36.6 Å². The van der Waals surface area contributed by atoms with E-state index in [0.717, 1.165) is 16.1 Å². The van der Waals surface area contributed by atoms with Crippen LogP contribution in [0.4, 0.5) is 0 Å². The molecule has 2 unspecified atom stereocenters. The van der Waals surface area contributed by atoms with Crippen molar-refractivity contribution in [1.29, 1.82) is 0 Å². The summed E-state index contributed by atoms with van der Waals surface area (Å²) in [4.78, 5) is 0. The van der Waals surface area contributed by atoms with Crippen LogP contribution in [0.1, 0.15) is 36.8 Å². The Morgan fingerprint density at radius 1 is 1.25 bits per heavy atom. The van der Waals surface area contributed by atoms with Crippen molar-refractivity contribution >= 4 is 11.6 Å². The molecule has 1 aromatic rings. The SMILES string of the molecule is Cc1cc(C2(O)C3CCCCC32)ccc1Cl. The summed E-state index contributed by atoms with van der Waals surface area (Å²) in [5.74, 6) is 1.00. The summed E-state index contributed by atoms with van der Waals surface area (Å²) in [6.45, 7) is 2.00. The summed E-state index contributed by atoms with van der Waals surface area (Å²) in [6.07, 6.45) is 4.91. The highest BCUT2D eigenvalue weighted by molar-refractivity contribution is 6.31. The molecule has 0 spiro atoms. The van der Waals surface area contributed by atoms with E-state index in [-0.39, 0.29) is 0 Å². The zero-order valence-corrected chi connectivity index (χ0v) is 10.3. The van der Waals surface area contributed by atoms with E-state index < -0.39 is 5.60 Å². The lowest BCUT2D eigenvalue weighted by Crippen LogP contribution is -2.10. The number of hydrogen-bond acceptors (Lipinski definition) is 1. The molecule has 2 atom stereocenters. The molecule has 0 bridgehead atoms. The molecule has 0 saturated heterocycles. The molecular formula is C14H17ClO. The van der Waals surface area contributed by atoms with Crippen molar-refractivity contribution in [3.63, 3.8) is 0 Å². The normalized spacial score (nSPS) is 36.9. The van der Waals surface area contributed by atoms with Gasteiger partial charge < -0.3 is 5.11 Å². The van der Waals surface area contributed by atoms with Gasteiger partial charge in [-0.25, -0.2) is 0 Å². The predicted octanol–water partition coefficient (Wildman–Crippen LogP) is 3.66. The van der Waals surface area contributed by atoms with Crippen LogP contribution in [0.5, 0.6) is 0 Å². The van der Waals surface area contributed by atoms with Crippen LogP contribution in [0.15, 0.2) is 18.2 Å². The number of aryl methyl sites for hydroxylation is 1. The minimum atomic E-state index is -0.536. The third kappa shape index (κ3) is 1.34. The van der Waals surface area contributed by atoms with Crippen LogP contribution in [-0.2, 0) is 5.60 Å². The van der Waals surface area contributed by atoms with Gasteiger partial charge >= 0.3 is 0 Å². The van der Waals surface area contributed by atoms with Gasteiger partial charge in [-0.2, -0.15) is 0 Å². The number of halogens is 1. The monoisotopic (exact) mass is 236 g/mol. The fourth-order valence-corrected chi connectivity index (χ4v) is 3.53. The lowest BCUT2D eigenvalue weighted by atomic mass is 10.0. The van der Waals surface area contributed by atoms with Crippen molar-refractivity contribution in [2.45, 2.75) is 38.2 Å². The Hall–Kier alpha value is -0.530. The summed E-state index contributed by atoms with van der Waals surface area (Å²) in [5, 5.41) is 11.5. The van der Waals surface area contributed by atoms with Crippen LogP contribution >= 0.6 is 11.6 Å². The summed E-state index contributed by atoms with van der Waals surface area (Å²) < 4.78 is 0. The molecule has 0 aliphatic heterocycles. The molecule has 16 heavy (non-hydrogen) atoms. The molecule has 2 heteroatoms. The standard InChI is InChI=1S/C14H17ClO/c1-9-8-10(6-7-13(9)15)14(16)11-4-2-3-5-12(11)14/h6-8,11-12,16H,2-5H2,1H3. The number of aliphatic hydroxyl groups is 1. The summed E-state index contributed by atoms with van der Waals surface area (Å²) in [5.41, 5.74) is 1.61. The first kappa shape index (κ1) is 10.6. The average Bonchev–Trinajstić information content (AvgIpc) is 2.91. The first-order valence-corrected chi connectivity index (χ1v) is 6.51. The minimum absolute atomic E-state index is 0.502. The number of rotatable bonds is 1. The van der Waals surface area contributed by atoms with Crippen LogP contribution in [0.2, 0.25) is 5.02 Å². The van der Waals surface area contributed by atoms with E-state index >= 15 is 0 Å². The van der Waals surface area contributed by atoms with Gasteiger partial charge in [-0.15, -0.1) is 0 Å². The Morgan fingerprint density at radius 2 is 1.88 bits per heavy atom. The summed E-state index contributed by atoms with van der Waals surface area (Å²) in [7, 11) is 0. The molecule has 2 aliphatic rings. The summed E-state index contributed by atoms with van der Waals surface area (Å²) >= 11 is 6.02. The van der Waals surface area contributed by atoms with Crippen molar-refractivity contribution in [3.8, 4) is 0 Å². The molecule has 2 saturated carbocycles. The fourth-order valence-electron chi connectivity index (χ4n) is 3.41. The molecule has 0 radical (unpaired) electrons. The van der Waals surface area contributed by atoms with Gasteiger partial charge in [0.15, 0.2) is 0 Å². The zero-order valence-electron chi connectivity index (χ0n) is 9.54. The lowest BCUT2D eigenvalue weighted by molar-refractivity contribution is 0.118. The molecule has 1 aromatic carbocycles. The van der Waals surface area contributed by atoms with Gasteiger partial charge in [0.1, 0.15) is 0 Å². The molecular weight excluding hydrogens is 220 g/mol. The highest BCUT2D eigenvalue weighted by Gasteiger charge is 2.64. The van der Waals surface area contributed by atoms with Crippen molar-refractivity contribution in [3.05, 3.63) is 34.3 Å². The molecule has 1 N–H and O–H groups in total. The largest absolute Gasteiger partial charge is 0.385 e. The Labute approximate surface area is 101 Å². The van der Waals surface area contributed by atoms with E-state index in [0.29, 0.717) is 11.8 Å². The van der Waals surface area contributed by atoms with E-state index in [9.17, 15) is 5.11 Å². The molecule has 0 amide bonds. The number of benzene rings is 1. The third-order valence-electron chi connectivity index (χ3n) is 4.41. The highest BCUT2D eigenvalue weighted by atomic mass is 35.5. The molecule has 0 heterocycles. The number of fused-ring (bicyclic) bond motifs is 1. The van der Waals surface area contributed by atoms with Gasteiger partial charge in [0.05, 0.1) is 5.60 Å². The van der Waals surface area contributed by atoms with Gasteiger partial charge in [-0.3, -0.25) is 0 Å². The van der Waals surface area contributed by atoms with Crippen LogP contribution in [0, 0.1) is 18.8 Å². The second kappa shape index (κ2) is 3.48. The summed E-state index contributed by atoms with van der Waals surface area (Å²) in [6, 6.07) is 5.96. The molecule has 86 valence electrons. The van der Waals surface area contributed by atoms with Crippen LogP contribution in [-0.4, -0.2) is 5.11 Å². The number of hydrogen-bond donors (Lipinski definition) is 1. The lowest BCUT2D eigenvalue weighted by Gasteiger charge is -2.12. The Bertz CT molecular complexity index is 415. The smallest absolute Gasteiger partial charge is 0.0960 e. The third-order valence-corrected chi connectivity index (χ3v) is 4.83. The molecule has 1 nitrogen and oxygen atoms in total. The van der Waals surface area contributed by atoms with E-state index in [4.69, 9.17) is 11.6 Å². The molecule has 3 rings (SSSR count). The minimum Gasteiger partial charge on any atom is -0.385 e. The Kier molecular flexibility index (Phi) is 2.31. The van der Waals surface area contributed by atoms with Crippen molar-refractivity contribution < 1.29 is 5.11 Å². The first-order chi connectivity index (χ1) is 7.64. The van der Waals surface area contributed by atoms with E-state index in [1.807, 2.05) is 19.1 Å². The van der Waals surface area contributed by atoms with E-state index in [1.165, 1.54) is 25.7 Å². The Balaban J connectivity index is 1.95. The quantitative estimate of drug-likeness (QED) is 0.789. The van der Waals surface area contributed by atoms with Crippen molar-refractivity contribution in [1.82, 2.24) is 0 Å². The van der Waals surface area contributed by atoms with Crippen LogP contribution in [0.25, 0.3) is 0 Å². The van der Waals surface area contributed by atoms with Crippen molar-refractivity contribution in [2.75, 3.05) is 0 Å². The Morgan fingerprint density at radius 3 is 2.44 bits per heavy atom. The van der Waals surface area contributed by atoms with Gasteiger partial charge in [0.2, 0.25) is 0 Å². The average molecular weight is 237 g/mol. The fraction of sp³-hybridized carbons (Fsp3) is 0.571. The van der Waals surface area contributed by atoms with Crippen LogP contribution < -0.4 is 0 Å². The topological polar surface area (TPSA) is 20.2 Å². The second-order valence-corrected chi connectivity index (χ2v) is 5.69. The maximum atomic E-state index is 10.7. The van der Waals surface area contributed by atoms with Crippen molar-refractivity contribution in [2.24, 2.45) is 11.8 Å². The highest BCUT2D eigenvalue weighted by Crippen LogP contribution is 2.64. The molecule has 2 aliphatic carbocycles. The van der Waals surface area contributed by atoms with Gasteiger partial charge in [0.25, 0.3) is 0 Å². The van der Waals surface area contributed by atoms with E-state index in [1.54, 1.807) is 0 Å². The molecule has 0 aromatic heterocycles. The first-order valence-electron chi connectivity index (χ1n) is 6.13. The van der Waals surface area contributed by atoms with Gasteiger partial charge in [-0.05, 0) is 48.8 Å². The van der Waals surface area contributed by atoms with Gasteiger partial charge in [0, 0.05) is 5.02 Å². The second-order valence-electron chi connectivity index (χ2n) is 5.29. The molecule has 2 fully saturated rings. The van der Waals surface area contributed by atoms with Crippen LogP contribution in [0.3, 0.4) is 0 Å². The predicted molar refractivity (Wildman–Crippen MR) is 65.5 cm³/mol. The maximum absolute atomic E-state index is 10.7.